The van der Waals surface area contributed by atoms with Crippen LogP contribution in [0, 0.1) is 17.2 Å². The first-order valence-corrected chi connectivity index (χ1v) is 7.47. The Kier molecular flexibility index (Phi) is 4.52. The van der Waals surface area contributed by atoms with Crippen molar-refractivity contribution in [2.75, 3.05) is 0 Å². The minimum atomic E-state index is -0.291. The van der Waals surface area contributed by atoms with Gasteiger partial charge in [-0.1, -0.05) is 44.4 Å². The van der Waals surface area contributed by atoms with Crippen LogP contribution < -0.4 is 5.73 Å². The first kappa shape index (κ1) is 14.8. The van der Waals surface area contributed by atoms with Crippen LogP contribution in [-0.4, -0.2) is 6.04 Å². The van der Waals surface area contributed by atoms with Crippen molar-refractivity contribution in [3.8, 4) is 0 Å². The Morgan fingerprint density at radius 1 is 1.42 bits per heavy atom. The summed E-state index contributed by atoms with van der Waals surface area (Å²) in [5, 5.41) is 0.490. The third kappa shape index (κ3) is 3.49. The first-order valence-electron chi connectivity index (χ1n) is 7.09. The molecule has 19 heavy (non-hydrogen) atoms. The molecule has 1 nitrogen and oxygen atoms in total. The molecular weight excluding hydrogens is 261 g/mol. The molecule has 1 saturated carbocycles. The van der Waals surface area contributed by atoms with E-state index in [-0.39, 0.29) is 11.9 Å². The summed E-state index contributed by atoms with van der Waals surface area (Å²) in [6.45, 7) is 4.62. The van der Waals surface area contributed by atoms with Crippen LogP contribution in [0.1, 0.15) is 45.1 Å². The molecule has 0 heterocycles. The summed E-state index contributed by atoms with van der Waals surface area (Å²) in [4.78, 5) is 0. The Bertz CT molecular complexity index is 444. The summed E-state index contributed by atoms with van der Waals surface area (Å²) < 4.78 is 13.0. The lowest BCUT2D eigenvalue weighted by Crippen LogP contribution is -2.43. The van der Waals surface area contributed by atoms with Gasteiger partial charge in [-0.05, 0) is 48.3 Å². The van der Waals surface area contributed by atoms with E-state index in [1.54, 1.807) is 6.07 Å². The molecule has 2 rings (SSSR count). The van der Waals surface area contributed by atoms with E-state index in [2.05, 4.69) is 13.8 Å². The zero-order chi connectivity index (χ0) is 14.0. The minimum Gasteiger partial charge on any atom is -0.327 e. The minimum absolute atomic E-state index is 0.0956. The van der Waals surface area contributed by atoms with Crippen LogP contribution in [-0.2, 0) is 6.42 Å². The summed E-state index contributed by atoms with van der Waals surface area (Å²) in [7, 11) is 0. The van der Waals surface area contributed by atoms with Crippen molar-refractivity contribution in [3.05, 3.63) is 34.6 Å². The third-order valence-electron chi connectivity index (χ3n) is 4.58. The van der Waals surface area contributed by atoms with Gasteiger partial charge < -0.3 is 5.73 Å². The van der Waals surface area contributed by atoms with Gasteiger partial charge in [-0.15, -0.1) is 0 Å². The molecule has 3 heteroatoms. The normalized spacial score (nSPS) is 24.2. The van der Waals surface area contributed by atoms with Gasteiger partial charge in [-0.3, -0.25) is 0 Å². The van der Waals surface area contributed by atoms with Gasteiger partial charge in [0.1, 0.15) is 5.82 Å². The van der Waals surface area contributed by atoms with Crippen molar-refractivity contribution in [2.24, 2.45) is 17.1 Å². The SMILES string of the molecule is CC1(C)CCCCC1C(N)Cc1ccc(F)cc1Cl. The quantitative estimate of drug-likeness (QED) is 0.864. The molecule has 0 amide bonds. The lowest BCUT2D eigenvalue weighted by molar-refractivity contribution is 0.112. The molecule has 1 aromatic carbocycles. The summed E-state index contributed by atoms with van der Waals surface area (Å²) in [6, 6.07) is 4.68. The molecule has 1 aromatic rings. The largest absolute Gasteiger partial charge is 0.327 e. The highest BCUT2D eigenvalue weighted by molar-refractivity contribution is 6.31. The maximum atomic E-state index is 13.0. The van der Waals surface area contributed by atoms with Gasteiger partial charge in [-0.25, -0.2) is 4.39 Å². The van der Waals surface area contributed by atoms with E-state index in [1.165, 1.54) is 37.8 Å². The van der Waals surface area contributed by atoms with E-state index in [9.17, 15) is 4.39 Å². The van der Waals surface area contributed by atoms with E-state index in [4.69, 9.17) is 17.3 Å². The topological polar surface area (TPSA) is 26.0 Å². The van der Waals surface area contributed by atoms with Gasteiger partial charge >= 0.3 is 0 Å². The predicted molar refractivity (Wildman–Crippen MR) is 78.8 cm³/mol. The van der Waals surface area contributed by atoms with Crippen LogP contribution in [0.2, 0.25) is 5.02 Å². The number of benzene rings is 1. The summed E-state index contributed by atoms with van der Waals surface area (Å²) in [5.41, 5.74) is 7.66. The predicted octanol–water partition coefficient (Wildman–Crippen LogP) is 4.57. The molecule has 1 fully saturated rings. The average Bonchev–Trinajstić information content (AvgIpc) is 2.32. The molecule has 2 atom stereocenters. The van der Waals surface area contributed by atoms with Gasteiger partial charge in [0.25, 0.3) is 0 Å². The summed E-state index contributed by atoms with van der Waals surface area (Å²) in [5.74, 6) is 0.225. The van der Waals surface area contributed by atoms with E-state index in [0.29, 0.717) is 16.4 Å². The molecule has 1 aliphatic carbocycles. The second-order valence-corrected chi connectivity index (χ2v) is 6.85. The van der Waals surface area contributed by atoms with Gasteiger partial charge in [0.15, 0.2) is 0 Å². The molecule has 2 unspecified atom stereocenters. The van der Waals surface area contributed by atoms with Gasteiger partial charge in [0.2, 0.25) is 0 Å². The fourth-order valence-corrected chi connectivity index (χ4v) is 3.64. The number of hydrogen-bond acceptors (Lipinski definition) is 1. The molecule has 0 bridgehead atoms. The number of rotatable bonds is 3. The van der Waals surface area contributed by atoms with Crippen LogP contribution in [0.15, 0.2) is 18.2 Å². The monoisotopic (exact) mass is 283 g/mol. The third-order valence-corrected chi connectivity index (χ3v) is 4.93. The Hall–Kier alpha value is -0.600. The molecule has 2 N–H and O–H groups in total. The Morgan fingerprint density at radius 3 is 2.79 bits per heavy atom. The van der Waals surface area contributed by atoms with E-state index in [1.807, 2.05) is 0 Å². The van der Waals surface area contributed by atoms with Crippen molar-refractivity contribution in [3.63, 3.8) is 0 Å². The second-order valence-electron chi connectivity index (χ2n) is 6.44. The Labute approximate surface area is 120 Å². The second kappa shape index (κ2) is 5.80. The van der Waals surface area contributed by atoms with Crippen molar-refractivity contribution in [2.45, 2.75) is 52.0 Å². The molecule has 0 aliphatic heterocycles. The highest BCUT2D eigenvalue weighted by atomic mass is 35.5. The van der Waals surface area contributed by atoms with Gasteiger partial charge in [0.05, 0.1) is 0 Å². The average molecular weight is 284 g/mol. The van der Waals surface area contributed by atoms with Crippen LogP contribution >= 0.6 is 11.6 Å². The Balaban J connectivity index is 2.09. The first-order chi connectivity index (χ1) is 8.90. The molecule has 106 valence electrons. The van der Waals surface area contributed by atoms with Crippen LogP contribution in [0.3, 0.4) is 0 Å². The van der Waals surface area contributed by atoms with Gasteiger partial charge in [-0.2, -0.15) is 0 Å². The molecule has 0 aromatic heterocycles. The Morgan fingerprint density at radius 2 is 2.16 bits per heavy atom. The van der Waals surface area contributed by atoms with Crippen molar-refractivity contribution in [1.29, 1.82) is 0 Å². The lowest BCUT2D eigenvalue weighted by Gasteiger charge is -2.42. The highest BCUT2D eigenvalue weighted by Gasteiger charge is 2.36. The standard InChI is InChI=1S/C16H23ClFN/c1-16(2)8-4-3-5-13(16)15(19)9-11-6-7-12(18)10-14(11)17/h6-7,10,13,15H,3-5,8-9,19H2,1-2H3. The number of nitrogens with two attached hydrogens (primary N) is 1. The van der Waals surface area contributed by atoms with Gasteiger partial charge in [0, 0.05) is 11.1 Å². The lowest BCUT2D eigenvalue weighted by atomic mass is 9.65. The fraction of sp³-hybridized carbons (Fsp3) is 0.625. The van der Waals surface area contributed by atoms with E-state index in [0.717, 1.165) is 12.0 Å². The van der Waals surface area contributed by atoms with Crippen molar-refractivity contribution >= 4 is 11.6 Å². The molecule has 0 saturated heterocycles. The maximum absolute atomic E-state index is 13.0. The zero-order valence-corrected chi connectivity index (χ0v) is 12.5. The smallest absolute Gasteiger partial charge is 0.124 e. The maximum Gasteiger partial charge on any atom is 0.124 e. The fourth-order valence-electron chi connectivity index (χ4n) is 3.40. The zero-order valence-electron chi connectivity index (χ0n) is 11.8. The number of halogens is 2. The number of hydrogen-bond donors (Lipinski definition) is 1. The summed E-state index contributed by atoms with van der Waals surface area (Å²) in [6.07, 6.45) is 5.72. The molecule has 0 spiro atoms. The summed E-state index contributed by atoms with van der Waals surface area (Å²) >= 11 is 6.09. The molecular formula is C16H23ClFN. The molecule has 0 radical (unpaired) electrons. The molecule has 1 aliphatic rings. The van der Waals surface area contributed by atoms with E-state index >= 15 is 0 Å². The van der Waals surface area contributed by atoms with E-state index < -0.39 is 0 Å². The van der Waals surface area contributed by atoms with Crippen molar-refractivity contribution < 1.29 is 4.39 Å². The van der Waals surface area contributed by atoms with Crippen LogP contribution in [0.5, 0.6) is 0 Å². The van der Waals surface area contributed by atoms with Crippen molar-refractivity contribution in [1.82, 2.24) is 0 Å². The van der Waals surface area contributed by atoms with Crippen LogP contribution in [0.25, 0.3) is 0 Å². The highest BCUT2D eigenvalue weighted by Crippen LogP contribution is 2.42. The van der Waals surface area contributed by atoms with Crippen LogP contribution in [0.4, 0.5) is 4.39 Å².